The quantitative estimate of drug-likeness (QED) is 0.141. The van der Waals surface area contributed by atoms with Crippen molar-refractivity contribution in [1.82, 2.24) is 65.0 Å². The van der Waals surface area contributed by atoms with Crippen LogP contribution in [0, 0.1) is 138 Å². The van der Waals surface area contributed by atoms with Crippen molar-refractivity contribution in [2.45, 2.75) is 235 Å². The van der Waals surface area contributed by atoms with Crippen molar-refractivity contribution in [3.05, 3.63) is 338 Å². The molecule has 0 aliphatic rings. The minimum Gasteiger partial charge on any atom is -0.261 e. The molecule has 13 nitrogen and oxygen atoms in total. The zero-order valence-electron chi connectivity index (χ0n) is 76.2. The molecule has 0 N–H and O–H groups in total. The fourth-order valence-corrected chi connectivity index (χ4v) is 9.19. The van der Waals surface area contributed by atoms with Gasteiger partial charge in [-0.1, -0.05) is 233 Å². The molecule has 15 rings (SSSR count). The molecule has 608 valence electrons. The largest absolute Gasteiger partial charge is 0.261 e. The number of rotatable bonds is 0. The van der Waals surface area contributed by atoms with E-state index in [0.717, 1.165) is 90.0 Å². The van der Waals surface area contributed by atoms with Gasteiger partial charge in [-0.25, -0.2) is 24.9 Å². The summed E-state index contributed by atoms with van der Waals surface area (Å²) in [4.78, 5) is 45.9. The summed E-state index contributed by atoms with van der Waals surface area (Å²) in [6, 6.07) is 60.8. The Bertz CT molecular complexity index is 3940. The Morgan fingerprint density at radius 2 is 0.447 bits per heavy atom. The summed E-state index contributed by atoms with van der Waals surface area (Å²) < 4.78 is 0. The van der Waals surface area contributed by atoms with Gasteiger partial charge in [0.15, 0.2) is 0 Å². The summed E-state index contributed by atoms with van der Waals surface area (Å²) >= 11 is 0. The average Bonchev–Trinajstić information content (AvgIpc) is 0.863. The Morgan fingerprint density at radius 3 is 0.886 bits per heavy atom. The molecule has 0 spiro atoms. The molecule has 0 radical (unpaired) electrons. The van der Waals surface area contributed by atoms with E-state index in [-0.39, 0.29) is 0 Å². The first-order valence-corrected chi connectivity index (χ1v) is 40.5. The molecule has 0 saturated carbocycles. The van der Waals surface area contributed by atoms with Gasteiger partial charge in [-0.2, -0.15) is 10.2 Å². The summed E-state index contributed by atoms with van der Waals surface area (Å²) in [5.41, 5.74) is 26.0. The van der Waals surface area contributed by atoms with E-state index in [1.807, 2.05) is 247 Å². The Balaban J connectivity index is 0. The van der Waals surface area contributed by atoms with Crippen LogP contribution in [-0.2, 0) is 0 Å². The second-order valence-corrected chi connectivity index (χ2v) is 25.2. The Hall–Kier alpha value is -11.3. The van der Waals surface area contributed by atoms with Gasteiger partial charge in [0, 0.05) is 77.1 Å². The minimum absolute atomic E-state index is 0.825. The van der Waals surface area contributed by atoms with Crippen molar-refractivity contribution >= 4 is 54.5 Å². The highest BCUT2D eigenvalue weighted by molar-refractivity contribution is 5.84. The van der Waals surface area contributed by atoms with Gasteiger partial charge in [0.2, 0.25) is 0 Å². The number of benzene rings is 7. The van der Waals surface area contributed by atoms with Crippen LogP contribution in [-0.4, -0.2) is 65.0 Å². The van der Waals surface area contributed by atoms with Gasteiger partial charge in [0.1, 0.15) is 11.6 Å². The van der Waals surface area contributed by atoms with E-state index in [4.69, 9.17) is 0 Å². The molecule has 13 heteroatoms. The fourth-order valence-electron chi connectivity index (χ4n) is 9.19. The monoisotopic (exact) mass is 1530 g/mol. The number of hydrogen-bond acceptors (Lipinski definition) is 13. The standard InChI is InChI=1S/C12H12.2C11H11N.2C10H10N2.C8H10.C7H9N.3C6H8N2.7C2H6/c1-9-3-5-12-8-10(2)4-6-11(12)7-9;1-8-3-6-11-10(7-8)5-4-9(2)12-11;1-8-3-4-10-5-9(2)7-12-11(10)6-8;1-7-3-4-10-9(5-7)6-11-8(2)12-10;1-7-3-4-9-10(5-7)11-6-8(2)12-9;1-7-3-5-8(2)6-4-7;1-6-3-4-7(2)8-5-6;1-5-3-8-6(2)4-7-5;1-5-3-7-6(2)8-4-5;1-5-3-4-6(2)8-7-5;7*1-2/h3-8H,1-2H3;2*3-7H,1-2H3;2*3-6H,1-2H3;3-6H,1-2H3;3-5H,1-2H3;3*3-4H,1-2H3;7*1-2H3. The number of pyridine rings is 3. The predicted molar refractivity (Wildman–Crippen MR) is 497 cm³/mol. The highest BCUT2D eigenvalue weighted by Crippen LogP contribution is 2.19. The second kappa shape index (κ2) is 62.3. The normalized spacial score (nSPS) is 9.14. The van der Waals surface area contributed by atoms with Crippen molar-refractivity contribution in [2.75, 3.05) is 0 Å². The minimum atomic E-state index is 0.825. The van der Waals surface area contributed by atoms with Crippen LogP contribution in [0.4, 0.5) is 0 Å². The summed E-state index contributed by atoms with van der Waals surface area (Å²) in [6.07, 6.45) is 14.6. The number of nitrogens with zero attached hydrogens (tertiary/aromatic N) is 13. The van der Waals surface area contributed by atoms with E-state index in [0.29, 0.717) is 0 Å². The highest BCUT2D eigenvalue weighted by Gasteiger charge is 2.00. The smallest absolute Gasteiger partial charge is 0.125 e. The van der Waals surface area contributed by atoms with Crippen molar-refractivity contribution < 1.29 is 0 Å². The molecule has 114 heavy (non-hydrogen) atoms. The van der Waals surface area contributed by atoms with Gasteiger partial charge in [0.25, 0.3) is 0 Å². The van der Waals surface area contributed by atoms with Crippen LogP contribution in [0.2, 0.25) is 0 Å². The van der Waals surface area contributed by atoms with E-state index in [9.17, 15) is 0 Å². The first kappa shape index (κ1) is 105. The lowest BCUT2D eigenvalue weighted by Gasteiger charge is -1.99. The van der Waals surface area contributed by atoms with Crippen LogP contribution in [0.5, 0.6) is 0 Å². The fraction of sp³-hybridized carbons (Fsp3) is 0.337. The van der Waals surface area contributed by atoms with Gasteiger partial charge in [-0.3, -0.25) is 29.9 Å². The summed E-state index contributed by atoms with van der Waals surface area (Å²) in [7, 11) is 0. The summed E-state index contributed by atoms with van der Waals surface area (Å²) in [5, 5.41) is 13.9. The van der Waals surface area contributed by atoms with Crippen LogP contribution in [0.1, 0.15) is 210 Å². The van der Waals surface area contributed by atoms with Gasteiger partial charge < -0.3 is 0 Å². The van der Waals surface area contributed by atoms with Crippen LogP contribution >= 0.6 is 0 Å². The molecule has 0 aliphatic heterocycles. The molecule has 7 aromatic carbocycles. The Morgan fingerprint density at radius 1 is 0.149 bits per heavy atom. The number of hydrogen-bond donors (Lipinski definition) is 0. The Labute approximate surface area is 689 Å². The van der Waals surface area contributed by atoms with Crippen LogP contribution < -0.4 is 0 Å². The lowest BCUT2D eigenvalue weighted by Crippen LogP contribution is -1.87. The van der Waals surface area contributed by atoms with Crippen molar-refractivity contribution in [3.63, 3.8) is 0 Å². The topological polar surface area (TPSA) is 168 Å². The van der Waals surface area contributed by atoms with Gasteiger partial charge in [-0.05, 0) is 250 Å². The van der Waals surface area contributed by atoms with Crippen LogP contribution in [0.15, 0.2) is 225 Å². The zero-order valence-corrected chi connectivity index (χ0v) is 76.2. The summed E-state index contributed by atoms with van der Waals surface area (Å²) in [6.45, 7) is 68.2. The molecule has 0 fully saturated rings. The third kappa shape index (κ3) is 45.3. The number of fused-ring (bicyclic) bond motifs is 5. The maximum Gasteiger partial charge on any atom is 0.125 e. The molecule has 15 aromatic rings. The highest BCUT2D eigenvalue weighted by atomic mass is 15.1. The zero-order chi connectivity index (χ0) is 86.7. The molecule has 8 heterocycles. The predicted octanol–water partition coefficient (Wildman–Crippen LogP) is 28.1. The molecule has 0 bridgehead atoms. The van der Waals surface area contributed by atoms with Crippen LogP contribution in [0.3, 0.4) is 0 Å². The third-order valence-electron chi connectivity index (χ3n) is 14.8. The van der Waals surface area contributed by atoms with Gasteiger partial charge >= 0.3 is 0 Å². The van der Waals surface area contributed by atoms with Gasteiger partial charge in [-0.15, -0.1) is 0 Å². The van der Waals surface area contributed by atoms with E-state index in [1.54, 1.807) is 18.6 Å². The third-order valence-corrected chi connectivity index (χ3v) is 14.8. The molecule has 0 saturated heterocycles. The molecular weight excluding hydrogens is 1400 g/mol. The van der Waals surface area contributed by atoms with E-state index >= 15 is 0 Å². The SMILES string of the molecule is CC.CC.CC.CC.CC.CC.CC.Cc1ccc(C)cc1.Cc1ccc(C)nc1.Cc1ccc(C)nn1.Cc1ccc2cc(C)ccc2c1.Cc1ccc2nc(C)ccc2c1.Cc1ccc2nc(C)cnc2c1.Cc1ccc2nc(C)ncc2c1.Cc1cnc(C)cn1.Cc1cnc(C)nc1.Cc1cnc2cc(C)ccc2c1. The van der Waals surface area contributed by atoms with E-state index in [2.05, 4.69) is 261 Å². The van der Waals surface area contributed by atoms with E-state index in [1.165, 1.54) is 77.2 Å². The first-order chi connectivity index (χ1) is 54.7. The molecule has 0 atom stereocenters. The Kier molecular flexibility index (Phi) is 57.2. The molecule has 0 aliphatic carbocycles. The number of aromatic nitrogens is 13. The maximum absolute atomic E-state index is 4.42. The molecule has 0 amide bonds. The van der Waals surface area contributed by atoms with Crippen molar-refractivity contribution in [3.8, 4) is 0 Å². The molecule has 8 aromatic heterocycles. The van der Waals surface area contributed by atoms with E-state index < -0.39 is 0 Å². The first-order valence-electron chi connectivity index (χ1n) is 40.5. The lowest BCUT2D eigenvalue weighted by atomic mass is 10.1. The van der Waals surface area contributed by atoms with Crippen molar-refractivity contribution in [1.29, 1.82) is 0 Å². The number of aryl methyl sites for hydroxylation is 20. The summed E-state index contributed by atoms with van der Waals surface area (Å²) in [5.74, 6) is 1.65. The molecular formula is C101H139N13. The molecule has 0 unspecified atom stereocenters. The average molecular weight is 1540 g/mol. The maximum atomic E-state index is 4.42. The second-order valence-electron chi connectivity index (χ2n) is 25.2. The van der Waals surface area contributed by atoms with Gasteiger partial charge in [0.05, 0.1) is 56.1 Å². The van der Waals surface area contributed by atoms with Crippen molar-refractivity contribution in [2.24, 2.45) is 0 Å². The van der Waals surface area contributed by atoms with Crippen LogP contribution in [0.25, 0.3) is 54.5 Å². The lowest BCUT2D eigenvalue weighted by molar-refractivity contribution is 0.941.